The Morgan fingerprint density at radius 2 is 2.42 bits per heavy atom. The van der Waals surface area contributed by atoms with E-state index in [0.717, 1.165) is 12.8 Å². The van der Waals surface area contributed by atoms with Crippen LogP contribution in [0.4, 0.5) is 0 Å². The minimum atomic E-state index is -0.959. The van der Waals surface area contributed by atoms with Crippen molar-refractivity contribution in [3.8, 4) is 0 Å². The minimum absolute atomic E-state index is 0.0409. The SMILES string of the molecule is CC1(c2nocc2C(=O)O)CC1. The van der Waals surface area contributed by atoms with E-state index < -0.39 is 5.97 Å². The molecule has 0 aromatic carbocycles. The topological polar surface area (TPSA) is 63.3 Å². The molecule has 0 spiro atoms. The highest BCUT2D eigenvalue weighted by molar-refractivity contribution is 5.88. The zero-order chi connectivity index (χ0) is 8.77. The molecule has 12 heavy (non-hydrogen) atoms. The van der Waals surface area contributed by atoms with Gasteiger partial charge in [0.25, 0.3) is 0 Å². The zero-order valence-electron chi connectivity index (χ0n) is 6.70. The van der Waals surface area contributed by atoms with Gasteiger partial charge in [0.1, 0.15) is 17.5 Å². The molecule has 0 atom stereocenters. The summed E-state index contributed by atoms with van der Waals surface area (Å²) in [6.07, 6.45) is 3.20. The van der Waals surface area contributed by atoms with Crippen LogP contribution < -0.4 is 0 Å². The summed E-state index contributed by atoms with van der Waals surface area (Å²) in [4.78, 5) is 10.7. The Morgan fingerprint density at radius 1 is 1.75 bits per heavy atom. The van der Waals surface area contributed by atoms with Crippen LogP contribution in [0, 0.1) is 0 Å². The van der Waals surface area contributed by atoms with Crippen molar-refractivity contribution in [2.24, 2.45) is 0 Å². The molecule has 0 saturated heterocycles. The molecule has 1 heterocycles. The van der Waals surface area contributed by atoms with Gasteiger partial charge in [-0.05, 0) is 12.8 Å². The lowest BCUT2D eigenvalue weighted by molar-refractivity contribution is 0.0694. The van der Waals surface area contributed by atoms with Crippen LogP contribution >= 0.6 is 0 Å². The van der Waals surface area contributed by atoms with Crippen LogP contribution in [0.15, 0.2) is 10.8 Å². The first-order valence-corrected chi connectivity index (χ1v) is 3.82. The monoisotopic (exact) mass is 167 g/mol. The fourth-order valence-electron chi connectivity index (χ4n) is 1.25. The summed E-state index contributed by atoms with van der Waals surface area (Å²) in [6.45, 7) is 2.00. The number of nitrogens with zero attached hydrogens (tertiary/aromatic N) is 1. The molecule has 1 aromatic heterocycles. The van der Waals surface area contributed by atoms with Crippen molar-refractivity contribution >= 4 is 5.97 Å². The molecule has 64 valence electrons. The Bertz CT molecular complexity index is 325. The van der Waals surface area contributed by atoms with Gasteiger partial charge < -0.3 is 9.63 Å². The Morgan fingerprint density at radius 3 is 2.92 bits per heavy atom. The van der Waals surface area contributed by atoms with Gasteiger partial charge in [-0.15, -0.1) is 0 Å². The Hall–Kier alpha value is -1.32. The average Bonchev–Trinajstić information content (AvgIpc) is 2.61. The number of hydrogen-bond acceptors (Lipinski definition) is 3. The van der Waals surface area contributed by atoms with Crippen LogP contribution in [-0.4, -0.2) is 16.2 Å². The van der Waals surface area contributed by atoms with Gasteiger partial charge in [0.15, 0.2) is 0 Å². The number of aromatic carboxylic acids is 1. The van der Waals surface area contributed by atoms with Gasteiger partial charge in [-0.3, -0.25) is 0 Å². The van der Waals surface area contributed by atoms with E-state index in [1.807, 2.05) is 6.92 Å². The molecular weight excluding hydrogens is 158 g/mol. The molecule has 1 fully saturated rings. The van der Waals surface area contributed by atoms with E-state index in [1.165, 1.54) is 6.26 Å². The Kier molecular flexibility index (Phi) is 1.28. The van der Waals surface area contributed by atoms with Crippen molar-refractivity contribution < 1.29 is 14.4 Å². The molecule has 1 aromatic rings. The van der Waals surface area contributed by atoms with Crippen molar-refractivity contribution in [3.05, 3.63) is 17.5 Å². The van der Waals surface area contributed by atoms with Crippen LogP contribution in [0.5, 0.6) is 0 Å². The lowest BCUT2D eigenvalue weighted by Crippen LogP contribution is -2.08. The summed E-state index contributed by atoms with van der Waals surface area (Å²) in [5, 5.41) is 12.5. The van der Waals surface area contributed by atoms with Crippen LogP contribution in [-0.2, 0) is 5.41 Å². The third-order valence-electron chi connectivity index (χ3n) is 2.37. The van der Waals surface area contributed by atoms with E-state index in [9.17, 15) is 4.79 Å². The second-order valence-electron chi connectivity index (χ2n) is 3.44. The fourth-order valence-corrected chi connectivity index (χ4v) is 1.25. The maximum absolute atomic E-state index is 10.7. The molecule has 1 aliphatic carbocycles. The van der Waals surface area contributed by atoms with Crippen molar-refractivity contribution in [2.45, 2.75) is 25.2 Å². The summed E-state index contributed by atoms with van der Waals surface area (Å²) < 4.78 is 4.64. The predicted octanol–water partition coefficient (Wildman–Crippen LogP) is 1.42. The van der Waals surface area contributed by atoms with Gasteiger partial charge in [-0.1, -0.05) is 12.1 Å². The quantitative estimate of drug-likeness (QED) is 0.723. The van der Waals surface area contributed by atoms with Gasteiger partial charge in [0, 0.05) is 5.41 Å². The molecule has 1 saturated carbocycles. The average molecular weight is 167 g/mol. The third kappa shape index (κ3) is 0.913. The first-order valence-electron chi connectivity index (χ1n) is 3.82. The molecule has 0 radical (unpaired) electrons. The third-order valence-corrected chi connectivity index (χ3v) is 2.37. The highest BCUT2D eigenvalue weighted by Gasteiger charge is 2.44. The second kappa shape index (κ2) is 2.09. The van der Waals surface area contributed by atoms with Crippen LogP contribution in [0.1, 0.15) is 35.8 Å². The molecule has 4 heteroatoms. The molecule has 0 aliphatic heterocycles. The first-order chi connectivity index (χ1) is 5.63. The molecular formula is C8H9NO3. The largest absolute Gasteiger partial charge is 0.478 e. The maximum atomic E-state index is 10.7. The normalized spacial score (nSPS) is 19.1. The van der Waals surface area contributed by atoms with Crippen LogP contribution in [0.25, 0.3) is 0 Å². The number of carboxylic acid groups (broad SMARTS) is 1. The molecule has 1 N–H and O–H groups in total. The van der Waals surface area contributed by atoms with Gasteiger partial charge in [-0.2, -0.15) is 0 Å². The molecule has 0 bridgehead atoms. The van der Waals surface area contributed by atoms with Gasteiger partial charge >= 0.3 is 5.97 Å². The second-order valence-corrected chi connectivity index (χ2v) is 3.44. The number of carbonyl (C=O) groups is 1. The fraction of sp³-hybridized carbons (Fsp3) is 0.500. The molecule has 4 nitrogen and oxygen atoms in total. The standard InChI is InChI=1S/C8H9NO3/c1-8(2-3-8)6-5(7(10)11)4-12-9-6/h4H,2-3H2,1H3,(H,10,11). The molecule has 0 unspecified atom stereocenters. The van der Waals surface area contributed by atoms with E-state index >= 15 is 0 Å². The van der Waals surface area contributed by atoms with E-state index in [0.29, 0.717) is 5.69 Å². The molecule has 0 amide bonds. The summed E-state index contributed by atoms with van der Waals surface area (Å²) in [5.74, 6) is -0.959. The summed E-state index contributed by atoms with van der Waals surface area (Å²) >= 11 is 0. The van der Waals surface area contributed by atoms with Crippen LogP contribution in [0.3, 0.4) is 0 Å². The van der Waals surface area contributed by atoms with E-state index in [1.54, 1.807) is 0 Å². The van der Waals surface area contributed by atoms with Crippen molar-refractivity contribution in [1.82, 2.24) is 5.16 Å². The van der Waals surface area contributed by atoms with Crippen LogP contribution in [0.2, 0.25) is 0 Å². The molecule has 2 rings (SSSR count). The predicted molar refractivity (Wildman–Crippen MR) is 40.0 cm³/mol. The van der Waals surface area contributed by atoms with Gasteiger partial charge in [0.05, 0.1) is 0 Å². The van der Waals surface area contributed by atoms with Gasteiger partial charge in [-0.25, -0.2) is 4.79 Å². The highest BCUT2D eigenvalue weighted by Crippen LogP contribution is 2.47. The van der Waals surface area contributed by atoms with Crippen molar-refractivity contribution in [1.29, 1.82) is 0 Å². The number of hydrogen-bond donors (Lipinski definition) is 1. The first kappa shape index (κ1) is 7.34. The summed E-state index contributed by atoms with van der Waals surface area (Å²) in [7, 11) is 0. The van der Waals surface area contributed by atoms with E-state index in [4.69, 9.17) is 5.11 Å². The number of rotatable bonds is 2. The van der Waals surface area contributed by atoms with E-state index in [2.05, 4.69) is 9.68 Å². The number of aromatic nitrogens is 1. The number of carboxylic acids is 1. The Balaban J connectivity index is 2.43. The maximum Gasteiger partial charge on any atom is 0.340 e. The summed E-state index contributed by atoms with van der Waals surface area (Å²) in [5.41, 5.74) is 0.755. The zero-order valence-corrected chi connectivity index (χ0v) is 6.70. The lowest BCUT2D eigenvalue weighted by atomic mass is 10.0. The summed E-state index contributed by atoms with van der Waals surface area (Å²) in [6, 6.07) is 0. The van der Waals surface area contributed by atoms with E-state index in [-0.39, 0.29) is 11.0 Å². The minimum Gasteiger partial charge on any atom is -0.478 e. The lowest BCUT2D eigenvalue weighted by Gasteiger charge is -2.02. The van der Waals surface area contributed by atoms with Gasteiger partial charge in [0.2, 0.25) is 0 Å². The smallest absolute Gasteiger partial charge is 0.340 e. The molecule has 1 aliphatic rings. The Labute approximate surface area is 69.2 Å². The highest BCUT2D eigenvalue weighted by atomic mass is 16.5. The van der Waals surface area contributed by atoms with Crippen molar-refractivity contribution in [3.63, 3.8) is 0 Å². The van der Waals surface area contributed by atoms with Crippen molar-refractivity contribution in [2.75, 3.05) is 0 Å².